The lowest BCUT2D eigenvalue weighted by Crippen LogP contribution is -2.22. The van der Waals surface area contributed by atoms with Crippen LogP contribution in [0.3, 0.4) is 0 Å². The van der Waals surface area contributed by atoms with Crippen LogP contribution in [0.4, 0.5) is 5.69 Å². The molecule has 0 saturated heterocycles. The highest BCUT2D eigenvalue weighted by molar-refractivity contribution is 14.0. The molecule has 0 radical (unpaired) electrons. The number of halogens is 2. The number of aliphatic imine (C=N–C) groups is 1. The predicted molar refractivity (Wildman–Crippen MR) is 99.7 cm³/mol. The molecule has 20 heavy (non-hydrogen) atoms. The Kier molecular flexibility index (Phi) is 7.01. The summed E-state index contributed by atoms with van der Waals surface area (Å²) in [7, 11) is 0. The van der Waals surface area contributed by atoms with Gasteiger partial charge in [-0.2, -0.15) is 0 Å². The Labute approximate surface area is 144 Å². The number of benzene rings is 2. The van der Waals surface area contributed by atoms with Gasteiger partial charge in [-0.25, -0.2) is 4.99 Å². The molecule has 0 fully saturated rings. The van der Waals surface area contributed by atoms with E-state index in [1.807, 2.05) is 48.5 Å². The van der Waals surface area contributed by atoms with Crippen LogP contribution in [0.1, 0.15) is 11.1 Å². The van der Waals surface area contributed by atoms with E-state index in [-0.39, 0.29) is 24.0 Å². The average Bonchev–Trinajstić information content (AvgIpc) is 2.39. The summed E-state index contributed by atoms with van der Waals surface area (Å²) in [5.74, 6) is 0.420. The van der Waals surface area contributed by atoms with E-state index in [0.29, 0.717) is 12.5 Å². The molecule has 0 aliphatic carbocycles. The van der Waals surface area contributed by atoms with Gasteiger partial charge < -0.3 is 11.1 Å². The van der Waals surface area contributed by atoms with Crippen LogP contribution in [0.5, 0.6) is 0 Å². The van der Waals surface area contributed by atoms with Gasteiger partial charge in [-0.3, -0.25) is 0 Å². The monoisotopic (exact) mass is 445 g/mol. The third-order valence-corrected chi connectivity index (χ3v) is 3.14. The molecule has 0 amide bonds. The van der Waals surface area contributed by atoms with E-state index in [1.165, 1.54) is 5.56 Å². The van der Waals surface area contributed by atoms with Gasteiger partial charge in [0.1, 0.15) is 0 Å². The number of hydrogen-bond donors (Lipinski definition) is 2. The van der Waals surface area contributed by atoms with Gasteiger partial charge in [-0.1, -0.05) is 45.8 Å². The first kappa shape index (κ1) is 17.0. The fourth-order valence-electron chi connectivity index (χ4n) is 1.64. The van der Waals surface area contributed by atoms with Crippen LogP contribution in [-0.2, 0) is 6.54 Å². The van der Waals surface area contributed by atoms with E-state index in [4.69, 9.17) is 5.73 Å². The van der Waals surface area contributed by atoms with E-state index in [9.17, 15) is 0 Å². The minimum atomic E-state index is 0. The zero-order valence-corrected chi connectivity index (χ0v) is 15.1. The maximum absolute atomic E-state index is 5.86. The quantitative estimate of drug-likeness (QED) is 0.420. The highest BCUT2D eigenvalue weighted by atomic mass is 127. The van der Waals surface area contributed by atoms with Gasteiger partial charge >= 0.3 is 0 Å². The molecule has 0 unspecified atom stereocenters. The lowest BCUT2D eigenvalue weighted by Gasteiger charge is -2.06. The second-order valence-electron chi connectivity index (χ2n) is 4.32. The molecule has 106 valence electrons. The van der Waals surface area contributed by atoms with Gasteiger partial charge in [0.2, 0.25) is 0 Å². The fourth-order valence-corrected chi connectivity index (χ4v) is 2.08. The number of guanidine groups is 1. The third kappa shape index (κ3) is 5.50. The fraction of sp³-hybridized carbons (Fsp3) is 0.133. The number of rotatable bonds is 3. The number of nitrogens with one attached hydrogen (secondary N) is 1. The Bertz CT molecular complexity index is 582. The molecule has 0 aromatic heterocycles. The zero-order chi connectivity index (χ0) is 13.7. The van der Waals surface area contributed by atoms with Gasteiger partial charge in [-0.15, -0.1) is 24.0 Å². The standard InChI is InChI=1S/C15H16BrN3.HI/c1-11-5-7-14(8-6-11)19-15(17)18-10-12-3-2-4-13(16)9-12;/h2-9H,10H2,1H3,(H3,17,18,19);1H. The molecule has 0 atom stereocenters. The summed E-state index contributed by atoms with van der Waals surface area (Å²) < 4.78 is 1.05. The Hall–Kier alpha value is -1.08. The normalized spacial score (nSPS) is 10.8. The molecule has 0 saturated carbocycles. The molecule has 3 N–H and O–H groups in total. The van der Waals surface area contributed by atoms with Gasteiger partial charge in [0.05, 0.1) is 6.54 Å². The van der Waals surface area contributed by atoms with Crippen LogP contribution in [0.25, 0.3) is 0 Å². The number of hydrogen-bond acceptors (Lipinski definition) is 1. The first-order valence-electron chi connectivity index (χ1n) is 6.01. The van der Waals surface area contributed by atoms with Crippen LogP contribution >= 0.6 is 39.9 Å². The molecular weight excluding hydrogens is 429 g/mol. The molecule has 2 rings (SSSR count). The Morgan fingerprint density at radius 3 is 2.55 bits per heavy atom. The van der Waals surface area contributed by atoms with Gasteiger partial charge in [0.25, 0.3) is 0 Å². The summed E-state index contributed by atoms with van der Waals surface area (Å²) in [5.41, 5.74) is 9.13. The van der Waals surface area contributed by atoms with Crippen LogP contribution in [0, 0.1) is 6.92 Å². The van der Waals surface area contributed by atoms with Gasteiger partial charge in [-0.05, 0) is 36.8 Å². The molecule has 0 heterocycles. The Morgan fingerprint density at radius 1 is 1.20 bits per heavy atom. The minimum absolute atomic E-state index is 0. The SMILES string of the molecule is Cc1ccc(NC(N)=NCc2cccc(Br)c2)cc1.I. The smallest absolute Gasteiger partial charge is 0.193 e. The molecule has 0 spiro atoms. The summed E-state index contributed by atoms with van der Waals surface area (Å²) in [6.07, 6.45) is 0. The van der Waals surface area contributed by atoms with Crippen LogP contribution in [0.2, 0.25) is 0 Å². The second-order valence-corrected chi connectivity index (χ2v) is 5.24. The summed E-state index contributed by atoms with van der Waals surface area (Å²) in [6.45, 7) is 2.61. The van der Waals surface area contributed by atoms with Gasteiger partial charge in [0, 0.05) is 10.2 Å². The lowest BCUT2D eigenvalue weighted by atomic mass is 10.2. The molecule has 0 aliphatic heterocycles. The number of nitrogens with zero attached hydrogens (tertiary/aromatic N) is 1. The van der Waals surface area contributed by atoms with Crippen LogP contribution in [-0.4, -0.2) is 5.96 Å². The molecule has 0 bridgehead atoms. The highest BCUT2D eigenvalue weighted by Crippen LogP contribution is 2.12. The maximum atomic E-state index is 5.86. The largest absolute Gasteiger partial charge is 0.370 e. The van der Waals surface area contributed by atoms with Crippen molar-refractivity contribution in [3.63, 3.8) is 0 Å². The van der Waals surface area contributed by atoms with E-state index < -0.39 is 0 Å². The number of anilines is 1. The minimum Gasteiger partial charge on any atom is -0.370 e. The maximum Gasteiger partial charge on any atom is 0.193 e. The topological polar surface area (TPSA) is 50.4 Å². The van der Waals surface area contributed by atoms with Crippen molar-refractivity contribution in [3.05, 3.63) is 64.1 Å². The van der Waals surface area contributed by atoms with Crippen molar-refractivity contribution in [1.29, 1.82) is 0 Å². The summed E-state index contributed by atoms with van der Waals surface area (Å²) >= 11 is 3.43. The van der Waals surface area contributed by atoms with E-state index in [1.54, 1.807) is 0 Å². The number of aryl methyl sites for hydroxylation is 1. The van der Waals surface area contributed by atoms with Crippen molar-refractivity contribution >= 4 is 51.6 Å². The van der Waals surface area contributed by atoms with Crippen LogP contribution < -0.4 is 11.1 Å². The number of nitrogens with two attached hydrogens (primary N) is 1. The molecular formula is C15H17BrIN3. The summed E-state index contributed by atoms with van der Waals surface area (Å²) in [4.78, 5) is 4.32. The van der Waals surface area contributed by atoms with Crippen molar-refractivity contribution < 1.29 is 0 Å². The Morgan fingerprint density at radius 2 is 1.90 bits per heavy atom. The van der Waals surface area contributed by atoms with E-state index in [2.05, 4.69) is 33.2 Å². The summed E-state index contributed by atoms with van der Waals surface area (Å²) in [5, 5.41) is 3.07. The van der Waals surface area contributed by atoms with Crippen molar-refractivity contribution in [2.45, 2.75) is 13.5 Å². The zero-order valence-electron chi connectivity index (χ0n) is 11.1. The van der Waals surface area contributed by atoms with E-state index in [0.717, 1.165) is 15.7 Å². The highest BCUT2D eigenvalue weighted by Gasteiger charge is 1.96. The predicted octanol–water partition coefficient (Wildman–Crippen LogP) is 4.30. The summed E-state index contributed by atoms with van der Waals surface area (Å²) in [6, 6.07) is 16.1. The molecule has 2 aromatic carbocycles. The van der Waals surface area contributed by atoms with Crippen molar-refractivity contribution in [1.82, 2.24) is 0 Å². The van der Waals surface area contributed by atoms with Crippen molar-refractivity contribution in [3.8, 4) is 0 Å². The third-order valence-electron chi connectivity index (χ3n) is 2.64. The first-order chi connectivity index (χ1) is 9.13. The molecule has 2 aromatic rings. The Balaban J connectivity index is 0.00000200. The average molecular weight is 446 g/mol. The van der Waals surface area contributed by atoms with E-state index >= 15 is 0 Å². The van der Waals surface area contributed by atoms with Gasteiger partial charge in [0.15, 0.2) is 5.96 Å². The van der Waals surface area contributed by atoms with Crippen LogP contribution in [0.15, 0.2) is 58.0 Å². The lowest BCUT2D eigenvalue weighted by molar-refractivity contribution is 1.06. The molecule has 0 aliphatic rings. The molecule has 3 nitrogen and oxygen atoms in total. The van der Waals surface area contributed by atoms with Crippen molar-refractivity contribution in [2.75, 3.05) is 5.32 Å². The first-order valence-corrected chi connectivity index (χ1v) is 6.81. The second kappa shape index (κ2) is 8.26. The molecule has 5 heteroatoms. The van der Waals surface area contributed by atoms with Crippen molar-refractivity contribution in [2.24, 2.45) is 10.7 Å².